The third kappa shape index (κ3) is 10.1. The van der Waals surface area contributed by atoms with Gasteiger partial charge in [-0.25, -0.2) is 9.18 Å². The average molecular weight is 582 g/mol. The highest BCUT2D eigenvalue weighted by atomic mass is 19.1. The van der Waals surface area contributed by atoms with Crippen molar-refractivity contribution in [1.29, 1.82) is 0 Å². The molecule has 1 aliphatic heterocycles. The van der Waals surface area contributed by atoms with E-state index in [1.165, 1.54) is 42.2 Å². The van der Waals surface area contributed by atoms with Gasteiger partial charge in [-0.1, -0.05) is 57.9 Å². The summed E-state index contributed by atoms with van der Waals surface area (Å²) >= 11 is 0. The van der Waals surface area contributed by atoms with E-state index < -0.39 is 5.60 Å². The van der Waals surface area contributed by atoms with Gasteiger partial charge in [0.1, 0.15) is 11.4 Å². The normalized spacial score (nSPS) is 18.1. The number of halogens is 1. The number of hydrogen-bond donors (Lipinski definition) is 0. The van der Waals surface area contributed by atoms with Crippen LogP contribution in [0.5, 0.6) is 0 Å². The highest BCUT2D eigenvalue weighted by Gasteiger charge is 2.32. The quantitative estimate of drug-likeness (QED) is 0.132. The summed E-state index contributed by atoms with van der Waals surface area (Å²) in [6, 6.07) is 6.77. The van der Waals surface area contributed by atoms with Crippen molar-refractivity contribution in [1.82, 2.24) is 9.80 Å². The van der Waals surface area contributed by atoms with Gasteiger partial charge in [0.05, 0.1) is 0 Å². The smallest absolute Gasteiger partial charge is 0.410 e. The van der Waals surface area contributed by atoms with E-state index in [4.69, 9.17) is 9.73 Å². The fourth-order valence-electron chi connectivity index (χ4n) is 5.91. The Balaban J connectivity index is 2.55. The number of carbonyl (C=O) groups excluding carboxylic acids is 1. The maximum absolute atomic E-state index is 14.1. The van der Waals surface area contributed by atoms with Crippen molar-refractivity contribution in [2.45, 2.75) is 112 Å². The molecule has 6 heteroatoms. The van der Waals surface area contributed by atoms with Gasteiger partial charge in [-0.05, 0) is 96.1 Å². The molecule has 0 radical (unpaired) electrons. The number of ether oxygens (including phenoxy) is 1. The summed E-state index contributed by atoms with van der Waals surface area (Å²) in [7, 11) is 0. The molecule has 0 N–H and O–H groups in total. The summed E-state index contributed by atoms with van der Waals surface area (Å²) in [5.74, 6) is 0.150. The van der Waals surface area contributed by atoms with Crippen LogP contribution < -0.4 is 0 Å². The summed E-state index contributed by atoms with van der Waals surface area (Å²) in [6.45, 7) is 25.7. The first kappa shape index (κ1) is 35.3. The van der Waals surface area contributed by atoms with Crippen LogP contribution in [0.15, 0.2) is 58.8 Å². The van der Waals surface area contributed by atoms with Gasteiger partial charge >= 0.3 is 6.09 Å². The Morgan fingerprint density at radius 3 is 2.48 bits per heavy atom. The first-order valence-corrected chi connectivity index (χ1v) is 16.0. The number of piperazine rings is 1. The minimum Gasteiger partial charge on any atom is -0.444 e. The Kier molecular flexibility index (Phi) is 14.0. The number of nitrogens with zero attached hydrogens (tertiary/aromatic N) is 3. The van der Waals surface area contributed by atoms with Crippen LogP contribution >= 0.6 is 0 Å². The molecule has 1 aromatic carbocycles. The molecule has 1 aliphatic rings. The molecule has 1 saturated heterocycles. The predicted molar refractivity (Wildman–Crippen MR) is 176 cm³/mol. The van der Waals surface area contributed by atoms with Gasteiger partial charge < -0.3 is 14.5 Å². The fourth-order valence-corrected chi connectivity index (χ4v) is 5.91. The van der Waals surface area contributed by atoms with Crippen molar-refractivity contribution in [3.63, 3.8) is 0 Å². The molecule has 1 amide bonds. The zero-order valence-electron chi connectivity index (χ0n) is 27.9. The zero-order chi connectivity index (χ0) is 31.4. The number of allylic oxidation sites excluding steroid dienone is 5. The molecule has 234 valence electrons. The van der Waals surface area contributed by atoms with Gasteiger partial charge in [0, 0.05) is 55.6 Å². The first-order chi connectivity index (χ1) is 19.9. The molecular weight excluding hydrogens is 525 g/mol. The van der Waals surface area contributed by atoms with E-state index in [0.29, 0.717) is 38.5 Å². The summed E-state index contributed by atoms with van der Waals surface area (Å²) in [4.78, 5) is 22.2. The third-order valence-electron chi connectivity index (χ3n) is 8.01. The van der Waals surface area contributed by atoms with Crippen molar-refractivity contribution in [3.8, 4) is 0 Å². The molecule has 42 heavy (non-hydrogen) atoms. The topological polar surface area (TPSA) is 45.1 Å². The summed E-state index contributed by atoms with van der Waals surface area (Å²) < 4.78 is 19.8. The lowest BCUT2D eigenvalue weighted by Crippen LogP contribution is -2.54. The Labute approximate surface area is 255 Å². The average Bonchev–Trinajstić information content (AvgIpc) is 2.93. The lowest BCUT2D eigenvalue weighted by Gasteiger charge is -2.43. The number of hydrogen-bond acceptors (Lipinski definition) is 4. The molecule has 1 fully saturated rings. The van der Waals surface area contributed by atoms with Crippen LogP contribution in [0.2, 0.25) is 0 Å². The molecule has 2 atom stereocenters. The maximum Gasteiger partial charge on any atom is 0.410 e. The van der Waals surface area contributed by atoms with E-state index in [2.05, 4.69) is 59.1 Å². The van der Waals surface area contributed by atoms with E-state index in [-0.39, 0.29) is 18.0 Å². The second kappa shape index (κ2) is 16.7. The van der Waals surface area contributed by atoms with Crippen molar-refractivity contribution in [3.05, 3.63) is 65.1 Å². The molecule has 1 heterocycles. The van der Waals surface area contributed by atoms with E-state index >= 15 is 0 Å². The van der Waals surface area contributed by atoms with E-state index in [1.54, 1.807) is 12.1 Å². The van der Waals surface area contributed by atoms with Gasteiger partial charge in [0.15, 0.2) is 0 Å². The molecule has 0 bridgehead atoms. The minimum atomic E-state index is -0.524. The largest absolute Gasteiger partial charge is 0.444 e. The van der Waals surface area contributed by atoms with Crippen molar-refractivity contribution in [2.75, 3.05) is 26.2 Å². The highest BCUT2D eigenvalue weighted by molar-refractivity contribution is 6.09. The second-order valence-corrected chi connectivity index (χ2v) is 12.5. The van der Waals surface area contributed by atoms with Crippen LogP contribution in [0.4, 0.5) is 9.18 Å². The zero-order valence-corrected chi connectivity index (χ0v) is 27.9. The second-order valence-electron chi connectivity index (χ2n) is 12.5. The Bertz CT molecular complexity index is 1140. The Hall–Kier alpha value is -2.89. The van der Waals surface area contributed by atoms with Crippen LogP contribution in [0, 0.1) is 11.7 Å². The predicted octanol–water partition coefficient (Wildman–Crippen LogP) is 9.46. The Morgan fingerprint density at radius 1 is 1.21 bits per heavy atom. The summed E-state index contributed by atoms with van der Waals surface area (Å²) in [5.41, 5.74) is 5.80. The molecule has 5 nitrogen and oxygen atoms in total. The van der Waals surface area contributed by atoms with Crippen LogP contribution in [0.1, 0.15) is 106 Å². The number of amides is 1. The number of rotatable bonds is 13. The highest BCUT2D eigenvalue weighted by Crippen LogP contribution is 2.35. The SMILES string of the molecule is C=C(CC(=NCC)C(/C(=C\C)C(CC)CCCCC)=C(\C)N1CCN(C(=O)OC(C)(C)C)C[C@@H]1C)c1cccc(F)c1. The minimum absolute atomic E-state index is 0.105. The molecule has 0 spiro atoms. The van der Waals surface area contributed by atoms with E-state index in [1.807, 2.05) is 31.7 Å². The molecule has 1 unspecified atom stereocenters. The lowest BCUT2D eigenvalue weighted by molar-refractivity contribution is 0.0101. The van der Waals surface area contributed by atoms with Gasteiger partial charge in [0.2, 0.25) is 0 Å². The maximum atomic E-state index is 14.1. The molecule has 0 aromatic heterocycles. The van der Waals surface area contributed by atoms with Crippen LogP contribution in [-0.4, -0.2) is 59.4 Å². The Morgan fingerprint density at radius 2 is 1.93 bits per heavy atom. The lowest BCUT2D eigenvalue weighted by atomic mass is 9.81. The molecular formula is C36H56FN3O2. The monoisotopic (exact) mass is 581 g/mol. The number of carbonyl (C=O) groups is 1. The molecule has 0 saturated carbocycles. The van der Waals surface area contributed by atoms with Gasteiger partial charge in [-0.15, -0.1) is 0 Å². The van der Waals surface area contributed by atoms with E-state index in [9.17, 15) is 9.18 Å². The van der Waals surface area contributed by atoms with Crippen LogP contribution in [-0.2, 0) is 4.74 Å². The number of aliphatic imine (C=N–C) groups is 1. The van der Waals surface area contributed by atoms with Gasteiger partial charge in [-0.2, -0.15) is 0 Å². The molecule has 1 aromatic rings. The van der Waals surface area contributed by atoms with Gasteiger partial charge in [-0.3, -0.25) is 4.99 Å². The fraction of sp³-hybridized carbons (Fsp3) is 0.611. The van der Waals surface area contributed by atoms with Gasteiger partial charge in [0.25, 0.3) is 0 Å². The number of benzene rings is 1. The van der Waals surface area contributed by atoms with Crippen molar-refractivity contribution < 1.29 is 13.9 Å². The molecule has 0 aliphatic carbocycles. The standard InChI is InChI=1S/C36H56FN3O2/c1-11-15-16-18-29(12-2)32(13-3)34(33(38-14-4)23-26(5)30-19-17-20-31(37)24-30)28(7)40-22-21-39(25-27(40)6)35(41)42-36(8,9)10/h13,17,19-20,24,27,29H,5,11-12,14-16,18,21-23,25H2,1-4,6-10H3/b32-13-,34-28+,38-33?/t27-,29?/m0/s1. The molecule has 2 rings (SSSR count). The summed E-state index contributed by atoms with van der Waals surface area (Å²) in [5, 5.41) is 0. The third-order valence-corrected chi connectivity index (χ3v) is 8.01. The van der Waals surface area contributed by atoms with Crippen LogP contribution in [0.25, 0.3) is 5.57 Å². The summed E-state index contributed by atoms with van der Waals surface area (Å²) in [6.07, 6.45) is 8.35. The van der Waals surface area contributed by atoms with Crippen molar-refractivity contribution in [2.24, 2.45) is 10.9 Å². The van der Waals surface area contributed by atoms with Crippen LogP contribution in [0.3, 0.4) is 0 Å². The first-order valence-electron chi connectivity index (χ1n) is 16.0. The van der Waals surface area contributed by atoms with Crippen molar-refractivity contribution >= 4 is 17.4 Å². The van der Waals surface area contributed by atoms with E-state index in [0.717, 1.165) is 29.7 Å². The number of unbranched alkanes of at least 4 members (excludes halogenated alkanes) is 2.